The van der Waals surface area contributed by atoms with Crippen LogP contribution in [0.2, 0.25) is 0 Å². The lowest BCUT2D eigenvalue weighted by atomic mass is 10.1. The highest BCUT2D eigenvalue weighted by molar-refractivity contribution is 5.50. The molecule has 0 rings (SSSR count). The largest absolute Gasteiger partial charge is 0.291 e. The van der Waals surface area contributed by atoms with Gasteiger partial charge in [0, 0.05) is 6.42 Å². The van der Waals surface area contributed by atoms with E-state index in [2.05, 4.69) is 6.92 Å². The Hall–Kier alpha value is -2.31. The fourth-order valence-corrected chi connectivity index (χ4v) is 2.13. The molecular weight excluding hydrogens is 324 g/mol. The number of nitrogens with zero attached hydrogens (tertiary/aromatic N) is 2. The molecule has 1 radical (unpaired) electrons. The van der Waals surface area contributed by atoms with Crippen LogP contribution in [0.3, 0.4) is 0 Å². The number of unbranched alkanes of at least 4 members (excludes halogenated alkanes) is 6. The van der Waals surface area contributed by atoms with Crippen molar-refractivity contribution in [3.05, 3.63) is 55.9 Å². The Labute approximate surface area is 148 Å². The van der Waals surface area contributed by atoms with Crippen molar-refractivity contribution < 1.29 is 14.6 Å². The molecule has 0 fully saturated rings. The van der Waals surface area contributed by atoms with E-state index < -0.39 is 9.85 Å². The predicted molar refractivity (Wildman–Crippen MR) is 96.8 cm³/mol. The van der Waals surface area contributed by atoms with Gasteiger partial charge < -0.3 is 0 Å². The molecule has 139 valence electrons. The topological polar surface area (TPSA) is 103 Å². The van der Waals surface area contributed by atoms with E-state index in [4.69, 9.17) is 0 Å². The molecule has 0 saturated carbocycles. The minimum absolute atomic E-state index is 0.00421. The maximum atomic E-state index is 11.1. The maximum absolute atomic E-state index is 11.1. The van der Waals surface area contributed by atoms with Gasteiger partial charge in [-0.05, 0) is 44.3 Å². The first-order valence-electron chi connectivity index (χ1n) is 8.69. The van der Waals surface area contributed by atoms with Gasteiger partial charge in [-0.25, -0.2) is 0 Å². The van der Waals surface area contributed by atoms with Crippen LogP contribution in [-0.2, 0) is 4.79 Å². The smallest absolute Gasteiger partial charge is 0.246 e. The summed E-state index contributed by atoms with van der Waals surface area (Å²) < 4.78 is 0. The monoisotopic (exact) mass is 351 g/mol. The molecule has 25 heavy (non-hydrogen) atoms. The summed E-state index contributed by atoms with van der Waals surface area (Å²) in [6.45, 7) is 2.05. The molecule has 0 atom stereocenters. The van der Waals surface area contributed by atoms with Gasteiger partial charge in [0.1, 0.15) is 0 Å². The van der Waals surface area contributed by atoms with E-state index in [9.17, 15) is 25.0 Å². The normalized spacial score (nSPS) is 12.5. The first-order chi connectivity index (χ1) is 12.0. The van der Waals surface area contributed by atoms with Crippen LogP contribution in [0.15, 0.2) is 35.7 Å². The van der Waals surface area contributed by atoms with Gasteiger partial charge in [-0.2, -0.15) is 0 Å². The molecule has 0 aromatic heterocycles. The Morgan fingerprint density at radius 1 is 0.880 bits per heavy atom. The summed E-state index contributed by atoms with van der Waals surface area (Å²) in [7, 11) is 0. The van der Waals surface area contributed by atoms with Gasteiger partial charge in [-0.3, -0.25) is 25.0 Å². The average Bonchev–Trinajstić information content (AvgIpc) is 2.57. The molecule has 7 heteroatoms. The molecular formula is C18H27N2O5. The molecule has 0 aliphatic heterocycles. The Kier molecular flexibility index (Phi) is 13.8. The molecule has 0 aromatic carbocycles. The zero-order chi connectivity index (χ0) is 18.9. The number of hydrogen-bond donors (Lipinski definition) is 0. The highest BCUT2D eigenvalue weighted by atomic mass is 16.6. The van der Waals surface area contributed by atoms with Crippen molar-refractivity contribution in [2.45, 2.75) is 71.1 Å². The van der Waals surface area contributed by atoms with E-state index in [1.807, 2.05) is 12.4 Å². The lowest BCUT2D eigenvalue weighted by Gasteiger charge is -1.98. The third-order valence-electron chi connectivity index (χ3n) is 3.60. The van der Waals surface area contributed by atoms with Crippen molar-refractivity contribution in [3.8, 4) is 0 Å². The van der Waals surface area contributed by atoms with Crippen LogP contribution < -0.4 is 0 Å². The highest BCUT2D eigenvalue weighted by Crippen LogP contribution is 2.13. The summed E-state index contributed by atoms with van der Waals surface area (Å²) in [5, 5.41) is 22.1. The molecule has 7 nitrogen and oxygen atoms in total. The molecule has 0 bridgehead atoms. The summed E-state index contributed by atoms with van der Waals surface area (Å²) in [4.78, 5) is 31.2. The molecule has 0 N–H and O–H groups in total. The fraction of sp³-hybridized carbons (Fsp3) is 0.611. The van der Waals surface area contributed by atoms with Crippen molar-refractivity contribution in [1.82, 2.24) is 0 Å². The van der Waals surface area contributed by atoms with Crippen LogP contribution in [-0.4, -0.2) is 16.1 Å². The van der Waals surface area contributed by atoms with E-state index in [0.29, 0.717) is 12.8 Å². The third-order valence-corrected chi connectivity index (χ3v) is 3.60. The molecule has 0 spiro atoms. The molecule has 0 amide bonds. The summed E-state index contributed by atoms with van der Waals surface area (Å²) in [5.74, 6) is 0. The standard InChI is InChI=1S/C18H27N2O5/c1-2-3-4-9-12-17(19(22)23)14-15-18(20(24)25)13-10-7-5-6-8-11-16-21/h7,10,12,15H,2-6,8-9,11,13-14H2,1H3/b10-7-,17-12+,18-15+. The molecule has 0 aliphatic rings. The Morgan fingerprint density at radius 3 is 2.12 bits per heavy atom. The van der Waals surface area contributed by atoms with Crippen LogP contribution in [0.25, 0.3) is 0 Å². The van der Waals surface area contributed by atoms with Crippen LogP contribution in [0.5, 0.6) is 0 Å². The number of rotatable bonds is 15. The van der Waals surface area contributed by atoms with Gasteiger partial charge in [-0.1, -0.05) is 31.9 Å². The second-order valence-electron chi connectivity index (χ2n) is 5.67. The van der Waals surface area contributed by atoms with Gasteiger partial charge in [0.25, 0.3) is 0 Å². The lowest BCUT2D eigenvalue weighted by molar-refractivity contribution is -0.431. The quantitative estimate of drug-likeness (QED) is 0.181. The molecule has 0 aromatic rings. The van der Waals surface area contributed by atoms with Crippen molar-refractivity contribution in [2.24, 2.45) is 0 Å². The molecule has 0 heterocycles. The van der Waals surface area contributed by atoms with Crippen LogP contribution in [0.4, 0.5) is 0 Å². The van der Waals surface area contributed by atoms with Crippen LogP contribution >= 0.6 is 0 Å². The fourth-order valence-electron chi connectivity index (χ4n) is 2.13. The van der Waals surface area contributed by atoms with Gasteiger partial charge in [-0.15, -0.1) is 0 Å². The summed E-state index contributed by atoms with van der Waals surface area (Å²) in [5.41, 5.74) is -0.0386. The van der Waals surface area contributed by atoms with Crippen molar-refractivity contribution in [1.29, 1.82) is 0 Å². The van der Waals surface area contributed by atoms with Crippen molar-refractivity contribution in [3.63, 3.8) is 0 Å². The van der Waals surface area contributed by atoms with E-state index in [1.54, 1.807) is 12.2 Å². The van der Waals surface area contributed by atoms with E-state index in [-0.39, 0.29) is 24.2 Å². The summed E-state index contributed by atoms with van der Waals surface area (Å²) >= 11 is 0. The predicted octanol–water partition coefficient (Wildman–Crippen LogP) is 4.89. The molecule has 0 aliphatic carbocycles. The van der Waals surface area contributed by atoms with Crippen LogP contribution in [0, 0.1) is 20.2 Å². The Bertz CT molecular complexity index is 510. The third kappa shape index (κ3) is 12.7. The molecule has 0 unspecified atom stereocenters. The first kappa shape index (κ1) is 22.7. The number of allylic oxidation sites excluding steroid dienone is 4. The zero-order valence-corrected chi connectivity index (χ0v) is 14.8. The van der Waals surface area contributed by atoms with Gasteiger partial charge >= 0.3 is 0 Å². The Balaban J connectivity index is 4.56. The first-order valence-corrected chi connectivity index (χ1v) is 8.69. The number of nitro groups is 2. The second kappa shape index (κ2) is 15.2. The van der Waals surface area contributed by atoms with E-state index in [1.165, 1.54) is 6.08 Å². The second-order valence-corrected chi connectivity index (χ2v) is 5.67. The van der Waals surface area contributed by atoms with E-state index in [0.717, 1.165) is 38.5 Å². The number of carbonyl (C=O) groups excluding carboxylic acids is 1. The Morgan fingerprint density at radius 2 is 1.52 bits per heavy atom. The van der Waals surface area contributed by atoms with Crippen LogP contribution in [0.1, 0.15) is 71.1 Å². The zero-order valence-electron chi connectivity index (χ0n) is 14.8. The maximum Gasteiger partial charge on any atom is 0.246 e. The van der Waals surface area contributed by atoms with Crippen molar-refractivity contribution in [2.75, 3.05) is 0 Å². The minimum atomic E-state index is -0.500. The van der Waals surface area contributed by atoms with Gasteiger partial charge in [0.2, 0.25) is 11.4 Å². The van der Waals surface area contributed by atoms with Gasteiger partial charge in [0.15, 0.2) is 6.29 Å². The number of hydrogen-bond acceptors (Lipinski definition) is 5. The lowest BCUT2D eigenvalue weighted by Crippen LogP contribution is -2.01. The molecule has 0 saturated heterocycles. The summed E-state index contributed by atoms with van der Waals surface area (Å²) in [6, 6.07) is 0. The minimum Gasteiger partial charge on any atom is -0.291 e. The average molecular weight is 351 g/mol. The van der Waals surface area contributed by atoms with Crippen molar-refractivity contribution >= 4 is 6.29 Å². The SMILES string of the molecule is CCCCC/C=C(\C/C=C(\C/C=C\CCCC[C]=O)[N+](=O)[O-])[N+](=O)[O-]. The van der Waals surface area contributed by atoms with E-state index >= 15 is 0 Å². The van der Waals surface area contributed by atoms with Gasteiger partial charge in [0.05, 0.1) is 22.7 Å². The highest BCUT2D eigenvalue weighted by Gasteiger charge is 2.13. The summed E-state index contributed by atoms with van der Waals surface area (Å²) in [6.07, 6.45) is 14.6.